The summed E-state index contributed by atoms with van der Waals surface area (Å²) in [5.74, 6) is -0.245. The lowest BCUT2D eigenvalue weighted by Gasteiger charge is -2.11. The van der Waals surface area contributed by atoms with Crippen LogP contribution >= 0.6 is 12.2 Å². The van der Waals surface area contributed by atoms with Crippen molar-refractivity contribution in [2.24, 2.45) is 0 Å². The first-order chi connectivity index (χ1) is 14.0. The predicted octanol–water partition coefficient (Wildman–Crippen LogP) is 3.82. The standard InChI is InChI=1S/C21H18N4O3S/c26-20(14-15-6-8-17(9-7-15)16-4-2-1-3-5-16)23-24-21(29)22-18-10-12-19(13-11-18)25(27)28/h1-13H,14H2,(H,23,26)(H2,22,24,29). The Morgan fingerprint density at radius 2 is 1.48 bits per heavy atom. The van der Waals surface area contributed by atoms with Gasteiger partial charge >= 0.3 is 0 Å². The maximum Gasteiger partial charge on any atom is 0.269 e. The molecule has 0 bridgehead atoms. The summed E-state index contributed by atoms with van der Waals surface area (Å²) in [6.45, 7) is 0. The van der Waals surface area contributed by atoms with Crippen LogP contribution in [0.25, 0.3) is 11.1 Å². The van der Waals surface area contributed by atoms with Crippen molar-refractivity contribution in [3.05, 3.63) is 94.5 Å². The van der Waals surface area contributed by atoms with E-state index >= 15 is 0 Å². The van der Waals surface area contributed by atoms with Gasteiger partial charge in [-0.15, -0.1) is 0 Å². The van der Waals surface area contributed by atoms with Crippen LogP contribution in [0.2, 0.25) is 0 Å². The summed E-state index contributed by atoms with van der Waals surface area (Å²) >= 11 is 5.10. The fourth-order valence-corrected chi connectivity index (χ4v) is 2.80. The molecule has 0 radical (unpaired) electrons. The van der Waals surface area contributed by atoms with Crippen LogP contribution in [0, 0.1) is 10.1 Å². The van der Waals surface area contributed by atoms with Crippen LogP contribution in [0.4, 0.5) is 11.4 Å². The number of rotatable bonds is 5. The van der Waals surface area contributed by atoms with Crippen molar-refractivity contribution in [2.75, 3.05) is 5.32 Å². The Morgan fingerprint density at radius 3 is 2.10 bits per heavy atom. The number of hydrogen-bond acceptors (Lipinski definition) is 4. The molecule has 0 fully saturated rings. The highest BCUT2D eigenvalue weighted by atomic mass is 32.1. The monoisotopic (exact) mass is 406 g/mol. The first kappa shape index (κ1) is 20.0. The molecule has 3 aromatic rings. The molecular formula is C21H18N4O3S. The highest BCUT2D eigenvalue weighted by Crippen LogP contribution is 2.19. The number of thiocarbonyl (C=S) groups is 1. The zero-order valence-electron chi connectivity index (χ0n) is 15.3. The second kappa shape index (κ2) is 9.43. The molecule has 0 aliphatic rings. The molecule has 0 spiro atoms. The molecule has 7 nitrogen and oxygen atoms in total. The van der Waals surface area contributed by atoms with Gasteiger partial charge in [0.15, 0.2) is 5.11 Å². The number of carbonyl (C=O) groups is 1. The Hall–Kier alpha value is -3.78. The summed E-state index contributed by atoms with van der Waals surface area (Å²) in [4.78, 5) is 22.3. The third-order valence-corrected chi connectivity index (χ3v) is 4.28. The van der Waals surface area contributed by atoms with Crippen LogP contribution in [0.3, 0.4) is 0 Å². The van der Waals surface area contributed by atoms with Crippen molar-refractivity contribution in [1.29, 1.82) is 0 Å². The van der Waals surface area contributed by atoms with Crippen LogP contribution in [0.1, 0.15) is 5.56 Å². The quantitative estimate of drug-likeness (QED) is 0.339. The lowest BCUT2D eigenvalue weighted by molar-refractivity contribution is -0.384. The number of benzene rings is 3. The van der Waals surface area contributed by atoms with Gasteiger partial charge in [-0.3, -0.25) is 25.8 Å². The first-order valence-electron chi connectivity index (χ1n) is 8.76. The van der Waals surface area contributed by atoms with Gasteiger partial charge in [-0.1, -0.05) is 54.6 Å². The van der Waals surface area contributed by atoms with Gasteiger partial charge in [0.05, 0.1) is 11.3 Å². The van der Waals surface area contributed by atoms with E-state index in [-0.39, 0.29) is 23.1 Å². The normalized spacial score (nSPS) is 10.1. The van der Waals surface area contributed by atoms with Gasteiger partial charge in [0.25, 0.3) is 5.69 Å². The predicted molar refractivity (Wildman–Crippen MR) is 116 cm³/mol. The summed E-state index contributed by atoms with van der Waals surface area (Å²) in [6.07, 6.45) is 0.197. The number of nitrogens with one attached hydrogen (secondary N) is 3. The van der Waals surface area contributed by atoms with Crippen LogP contribution in [0.15, 0.2) is 78.9 Å². The highest BCUT2D eigenvalue weighted by molar-refractivity contribution is 7.80. The number of carbonyl (C=O) groups excluding carboxylic acids is 1. The molecule has 0 saturated heterocycles. The lowest BCUT2D eigenvalue weighted by Crippen LogP contribution is -2.44. The van der Waals surface area contributed by atoms with E-state index in [1.54, 1.807) is 0 Å². The molecular weight excluding hydrogens is 388 g/mol. The number of amides is 1. The molecule has 0 unspecified atom stereocenters. The van der Waals surface area contributed by atoms with Gasteiger partial charge in [0.2, 0.25) is 5.91 Å². The van der Waals surface area contributed by atoms with E-state index in [2.05, 4.69) is 16.2 Å². The minimum atomic E-state index is -0.479. The molecule has 3 aromatic carbocycles. The minimum absolute atomic E-state index is 0.0130. The van der Waals surface area contributed by atoms with E-state index < -0.39 is 4.92 Å². The Balaban J connectivity index is 1.46. The van der Waals surface area contributed by atoms with E-state index in [0.29, 0.717) is 5.69 Å². The summed E-state index contributed by atoms with van der Waals surface area (Å²) in [6, 6.07) is 23.6. The topological polar surface area (TPSA) is 96.3 Å². The molecule has 1 amide bonds. The average Bonchev–Trinajstić information content (AvgIpc) is 2.74. The molecule has 146 valence electrons. The summed E-state index contributed by atoms with van der Waals surface area (Å²) in [7, 11) is 0. The van der Waals surface area contributed by atoms with Crippen LogP contribution in [-0.2, 0) is 11.2 Å². The summed E-state index contributed by atoms with van der Waals surface area (Å²) in [5.41, 5.74) is 8.77. The van der Waals surface area contributed by atoms with E-state index in [0.717, 1.165) is 16.7 Å². The summed E-state index contributed by atoms with van der Waals surface area (Å²) in [5, 5.41) is 13.7. The number of nitrogens with zero attached hydrogens (tertiary/aromatic N) is 1. The van der Waals surface area contributed by atoms with Crippen molar-refractivity contribution >= 4 is 34.6 Å². The first-order valence-corrected chi connectivity index (χ1v) is 9.17. The van der Waals surface area contributed by atoms with Gasteiger partial charge in [-0.25, -0.2) is 0 Å². The molecule has 0 aliphatic carbocycles. The fourth-order valence-electron chi connectivity index (χ4n) is 2.63. The summed E-state index contributed by atoms with van der Waals surface area (Å²) < 4.78 is 0. The molecule has 0 saturated carbocycles. The van der Waals surface area contributed by atoms with Crippen LogP contribution in [0.5, 0.6) is 0 Å². The van der Waals surface area contributed by atoms with Gasteiger partial charge in [0.1, 0.15) is 0 Å². The number of hydrazine groups is 1. The molecule has 0 aliphatic heterocycles. The zero-order chi connectivity index (χ0) is 20.6. The number of anilines is 1. The Kier molecular flexibility index (Phi) is 6.49. The van der Waals surface area contributed by atoms with E-state index in [1.165, 1.54) is 24.3 Å². The van der Waals surface area contributed by atoms with Crippen molar-refractivity contribution < 1.29 is 9.72 Å². The van der Waals surface area contributed by atoms with Gasteiger partial charge in [0, 0.05) is 17.8 Å². The largest absolute Gasteiger partial charge is 0.331 e. The second-order valence-corrected chi connectivity index (χ2v) is 6.58. The molecule has 0 atom stereocenters. The Bertz CT molecular complexity index is 1010. The third-order valence-electron chi connectivity index (χ3n) is 4.08. The Morgan fingerprint density at radius 1 is 0.862 bits per heavy atom. The fraction of sp³-hybridized carbons (Fsp3) is 0.0476. The maximum atomic E-state index is 12.1. The van der Waals surface area contributed by atoms with E-state index in [9.17, 15) is 14.9 Å². The molecule has 8 heteroatoms. The van der Waals surface area contributed by atoms with Crippen molar-refractivity contribution in [3.8, 4) is 11.1 Å². The molecule has 29 heavy (non-hydrogen) atoms. The molecule has 3 rings (SSSR count). The Labute approximate surface area is 172 Å². The van der Waals surface area contributed by atoms with Crippen LogP contribution in [-0.4, -0.2) is 15.9 Å². The van der Waals surface area contributed by atoms with E-state index in [1.807, 2.05) is 54.6 Å². The molecule has 0 heterocycles. The number of hydrogen-bond donors (Lipinski definition) is 3. The van der Waals surface area contributed by atoms with Gasteiger partial charge in [-0.2, -0.15) is 0 Å². The highest BCUT2D eigenvalue weighted by Gasteiger charge is 2.07. The SMILES string of the molecule is O=C(Cc1ccc(-c2ccccc2)cc1)NNC(=S)Nc1ccc([N+](=O)[O-])cc1. The second-order valence-electron chi connectivity index (χ2n) is 6.17. The van der Waals surface area contributed by atoms with Crippen LogP contribution < -0.4 is 16.2 Å². The number of nitro benzene ring substituents is 1. The van der Waals surface area contributed by atoms with Gasteiger partial charge in [-0.05, 0) is 41.0 Å². The van der Waals surface area contributed by atoms with E-state index in [4.69, 9.17) is 12.2 Å². The average molecular weight is 406 g/mol. The minimum Gasteiger partial charge on any atom is -0.331 e. The van der Waals surface area contributed by atoms with Gasteiger partial charge < -0.3 is 5.32 Å². The van der Waals surface area contributed by atoms with Crippen molar-refractivity contribution in [1.82, 2.24) is 10.9 Å². The number of nitro groups is 1. The maximum absolute atomic E-state index is 12.1. The van der Waals surface area contributed by atoms with Crippen molar-refractivity contribution in [2.45, 2.75) is 6.42 Å². The third kappa shape index (κ3) is 5.85. The lowest BCUT2D eigenvalue weighted by atomic mass is 10.0. The van der Waals surface area contributed by atoms with Crippen molar-refractivity contribution in [3.63, 3.8) is 0 Å². The molecule has 0 aromatic heterocycles. The zero-order valence-corrected chi connectivity index (χ0v) is 16.1. The smallest absolute Gasteiger partial charge is 0.269 e. The number of non-ortho nitro benzene ring substituents is 1. The molecule has 3 N–H and O–H groups in total.